The second-order valence-electron chi connectivity index (χ2n) is 6.13. The van der Waals surface area contributed by atoms with Crippen LogP contribution in [0.3, 0.4) is 0 Å². The van der Waals surface area contributed by atoms with Crippen LogP contribution in [0.5, 0.6) is 5.75 Å². The van der Waals surface area contributed by atoms with E-state index in [1.54, 1.807) is 37.4 Å². The average Bonchev–Trinajstić information content (AvgIpc) is 2.75. The van der Waals surface area contributed by atoms with Gasteiger partial charge >= 0.3 is 0 Å². The molecule has 3 aromatic rings. The first kappa shape index (κ1) is 21.1. The predicted octanol–water partition coefficient (Wildman–Crippen LogP) is 1.81. The van der Waals surface area contributed by atoms with E-state index in [1.807, 2.05) is 0 Å². The number of aromatic nitrogens is 2. The van der Waals surface area contributed by atoms with Gasteiger partial charge in [0, 0.05) is 24.2 Å². The van der Waals surface area contributed by atoms with Crippen molar-refractivity contribution in [3.8, 4) is 17.0 Å². The predicted molar refractivity (Wildman–Crippen MR) is 109 cm³/mol. The summed E-state index contributed by atoms with van der Waals surface area (Å²) in [5.74, 6) is 0.677. The Kier molecular flexibility index (Phi) is 6.23. The normalized spacial score (nSPS) is 11.2. The summed E-state index contributed by atoms with van der Waals surface area (Å²) in [7, 11) is -2.58. The van der Waals surface area contributed by atoms with E-state index < -0.39 is 31.1 Å². The molecule has 0 aliphatic heterocycles. The number of hydrogen-bond acceptors (Lipinski definition) is 7. The van der Waals surface area contributed by atoms with Gasteiger partial charge in [-0.2, -0.15) is 5.10 Å². The maximum absolute atomic E-state index is 12.4. The van der Waals surface area contributed by atoms with Gasteiger partial charge in [0.05, 0.1) is 24.3 Å². The quantitative estimate of drug-likeness (QED) is 0.425. The van der Waals surface area contributed by atoms with Crippen LogP contribution in [0.2, 0.25) is 0 Å². The molecule has 0 aliphatic carbocycles. The number of benzene rings is 2. The van der Waals surface area contributed by atoms with Crippen LogP contribution in [0.25, 0.3) is 11.3 Å². The fourth-order valence-electron chi connectivity index (χ4n) is 2.72. The van der Waals surface area contributed by atoms with Gasteiger partial charge in [0.25, 0.3) is 11.2 Å². The third-order valence-electron chi connectivity index (χ3n) is 4.22. The van der Waals surface area contributed by atoms with E-state index in [2.05, 4.69) is 9.82 Å². The molecule has 0 radical (unpaired) electrons. The van der Waals surface area contributed by atoms with Crippen molar-refractivity contribution in [3.05, 3.63) is 81.1 Å². The Balaban J connectivity index is 1.76. The summed E-state index contributed by atoms with van der Waals surface area (Å²) < 4.78 is 33.4. The molecule has 0 spiro atoms. The van der Waals surface area contributed by atoms with Crippen molar-refractivity contribution >= 4 is 15.7 Å². The van der Waals surface area contributed by atoms with Crippen LogP contribution in [0.15, 0.2) is 70.4 Å². The van der Waals surface area contributed by atoms with E-state index in [0.29, 0.717) is 11.4 Å². The molecule has 11 heteroatoms. The summed E-state index contributed by atoms with van der Waals surface area (Å²) in [6, 6.07) is 15.0. The second kappa shape index (κ2) is 8.84. The Labute approximate surface area is 171 Å². The van der Waals surface area contributed by atoms with Crippen molar-refractivity contribution in [2.75, 3.05) is 13.7 Å². The summed E-state index contributed by atoms with van der Waals surface area (Å²) >= 11 is 0. The number of nitrogens with one attached hydrogen (secondary N) is 1. The molecule has 0 fully saturated rings. The SMILES string of the molecule is COc1ccc(-c2ccc(=O)n(CCNS(=O)(=O)c3ccccc3[N+](=O)[O-])n2)cc1. The minimum atomic E-state index is -4.14. The van der Waals surface area contributed by atoms with E-state index in [-0.39, 0.29) is 13.1 Å². The number of ether oxygens (including phenoxy) is 1. The summed E-state index contributed by atoms with van der Waals surface area (Å²) in [4.78, 5) is 21.9. The Morgan fingerprint density at radius 3 is 2.47 bits per heavy atom. The van der Waals surface area contributed by atoms with Crippen molar-refractivity contribution in [2.45, 2.75) is 11.4 Å². The summed E-state index contributed by atoms with van der Waals surface area (Å²) in [5, 5.41) is 15.3. The van der Waals surface area contributed by atoms with Crippen LogP contribution < -0.4 is 15.0 Å². The first-order chi connectivity index (χ1) is 14.3. The number of para-hydroxylation sites is 1. The summed E-state index contributed by atoms with van der Waals surface area (Å²) in [6.45, 7) is -0.226. The van der Waals surface area contributed by atoms with Gasteiger partial charge in [0.1, 0.15) is 5.75 Å². The first-order valence-corrected chi connectivity index (χ1v) is 10.3. The van der Waals surface area contributed by atoms with Crippen LogP contribution in [0, 0.1) is 10.1 Å². The summed E-state index contributed by atoms with van der Waals surface area (Å²) in [6.07, 6.45) is 0. The van der Waals surface area contributed by atoms with E-state index in [9.17, 15) is 23.3 Å². The van der Waals surface area contributed by atoms with Crippen molar-refractivity contribution < 1.29 is 18.1 Å². The van der Waals surface area contributed by atoms with Gasteiger partial charge in [-0.1, -0.05) is 12.1 Å². The topological polar surface area (TPSA) is 133 Å². The third-order valence-corrected chi connectivity index (χ3v) is 5.73. The van der Waals surface area contributed by atoms with Gasteiger partial charge < -0.3 is 4.74 Å². The molecule has 0 atom stereocenters. The Bertz CT molecular complexity index is 1220. The van der Waals surface area contributed by atoms with Gasteiger partial charge in [0.15, 0.2) is 4.90 Å². The Morgan fingerprint density at radius 1 is 1.10 bits per heavy atom. The molecule has 0 bridgehead atoms. The lowest BCUT2D eigenvalue weighted by Gasteiger charge is -2.10. The number of methoxy groups -OCH3 is 1. The van der Waals surface area contributed by atoms with Crippen LogP contribution >= 0.6 is 0 Å². The fraction of sp³-hybridized carbons (Fsp3) is 0.158. The zero-order valence-electron chi connectivity index (χ0n) is 15.9. The van der Waals surface area contributed by atoms with Gasteiger partial charge in [-0.25, -0.2) is 17.8 Å². The molecule has 0 aliphatic rings. The van der Waals surface area contributed by atoms with Crippen LogP contribution in [-0.2, 0) is 16.6 Å². The summed E-state index contributed by atoms with van der Waals surface area (Å²) in [5.41, 5.74) is 0.350. The van der Waals surface area contributed by atoms with E-state index in [4.69, 9.17) is 4.74 Å². The third kappa shape index (κ3) is 4.70. The zero-order valence-corrected chi connectivity index (χ0v) is 16.7. The second-order valence-corrected chi connectivity index (χ2v) is 7.87. The minimum absolute atomic E-state index is 0.0529. The van der Waals surface area contributed by atoms with Gasteiger partial charge in [-0.3, -0.25) is 14.9 Å². The number of rotatable bonds is 8. The van der Waals surface area contributed by atoms with E-state index in [1.165, 1.54) is 18.2 Å². The molecule has 30 heavy (non-hydrogen) atoms. The highest BCUT2D eigenvalue weighted by molar-refractivity contribution is 7.89. The maximum Gasteiger partial charge on any atom is 0.289 e. The number of nitrogens with zero attached hydrogens (tertiary/aromatic N) is 3. The molecule has 2 aromatic carbocycles. The molecule has 1 aromatic heterocycles. The smallest absolute Gasteiger partial charge is 0.289 e. The lowest BCUT2D eigenvalue weighted by Crippen LogP contribution is -2.32. The number of nitro benzene ring substituents is 1. The van der Waals surface area contributed by atoms with Crippen molar-refractivity contribution in [1.29, 1.82) is 0 Å². The first-order valence-electron chi connectivity index (χ1n) is 8.77. The molecular weight excluding hydrogens is 412 g/mol. The van der Waals surface area contributed by atoms with Crippen molar-refractivity contribution in [1.82, 2.24) is 14.5 Å². The van der Waals surface area contributed by atoms with E-state index >= 15 is 0 Å². The number of nitro groups is 1. The van der Waals surface area contributed by atoms with Gasteiger partial charge in [0.2, 0.25) is 10.0 Å². The molecule has 0 saturated heterocycles. The van der Waals surface area contributed by atoms with Crippen LogP contribution in [0.1, 0.15) is 0 Å². The minimum Gasteiger partial charge on any atom is -0.497 e. The molecular formula is C19H18N4O6S. The van der Waals surface area contributed by atoms with Gasteiger partial charge in [-0.15, -0.1) is 0 Å². The Morgan fingerprint density at radius 2 is 1.80 bits per heavy atom. The number of hydrogen-bond donors (Lipinski definition) is 1. The highest BCUT2D eigenvalue weighted by atomic mass is 32.2. The molecule has 0 saturated carbocycles. The van der Waals surface area contributed by atoms with Crippen molar-refractivity contribution in [3.63, 3.8) is 0 Å². The highest BCUT2D eigenvalue weighted by Crippen LogP contribution is 2.22. The maximum atomic E-state index is 12.4. The lowest BCUT2D eigenvalue weighted by molar-refractivity contribution is -0.387. The fourth-order valence-corrected chi connectivity index (χ4v) is 3.91. The van der Waals surface area contributed by atoms with Gasteiger partial charge in [-0.05, 0) is 36.4 Å². The molecule has 156 valence electrons. The van der Waals surface area contributed by atoms with Crippen LogP contribution in [-0.4, -0.2) is 36.8 Å². The van der Waals surface area contributed by atoms with Crippen LogP contribution in [0.4, 0.5) is 5.69 Å². The number of sulfonamides is 1. The molecule has 1 N–H and O–H groups in total. The molecule has 1 heterocycles. The molecule has 0 amide bonds. The standard InChI is InChI=1S/C19H18N4O6S/c1-29-15-8-6-14(7-9-15)16-10-11-19(24)22(21-16)13-12-20-30(27,28)18-5-3-2-4-17(18)23(25)26/h2-11,20H,12-13H2,1H3. The van der Waals surface area contributed by atoms with E-state index in [0.717, 1.165) is 22.4 Å². The molecule has 3 rings (SSSR count). The zero-order chi connectivity index (χ0) is 21.7. The largest absolute Gasteiger partial charge is 0.497 e. The molecule has 10 nitrogen and oxygen atoms in total. The monoisotopic (exact) mass is 430 g/mol. The average molecular weight is 430 g/mol. The molecule has 0 unspecified atom stereocenters. The lowest BCUT2D eigenvalue weighted by atomic mass is 10.1. The van der Waals surface area contributed by atoms with Crippen molar-refractivity contribution in [2.24, 2.45) is 0 Å². The Hall–Kier alpha value is -3.57. The highest BCUT2D eigenvalue weighted by Gasteiger charge is 2.24.